The molecule has 0 fully saturated rings. The van der Waals surface area contributed by atoms with E-state index in [1.807, 2.05) is 0 Å². The summed E-state index contributed by atoms with van der Waals surface area (Å²) in [6.45, 7) is 1.36. The number of benzene rings is 2. The van der Waals surface area contributed by atoms with Gasteiger partial charge in [-0.25, -0.2) is 9.59 Å². The molecule has 0 heterocycles. The lowest BCUT2D eigenvalue weighted by Gasteiger charge is -2.28. The van der Waals surface area contributed by atoms with Crippen molar-refractivity contribution in [3.63, 3.8) is 0 Å². The molecule has 35 heavy (non-hydrogen) atoms. The molecule has 0 saturated heterocycles. The zero-order valence-electron chi connectivity index (χ0n) is 19.6. The van der Waals surface area contributed by atoms with Gasteiger partial charge in [-0.1, -0.05) is 60.7 Å². The maximum atomic E-state index is 13.0. The molecule has 0 aromatic heterocycles. The van der Waals surface area contributed by atoms with E-state index in [1.54, 1.807) is 60.7 Å². The SMILES string of the molecule is C[C@@H](NC(=O)[C@@H](CCCCN)N(C(=O)OCc1ccccc1)C(=O)OCc1ccccc1)C(=O)O. The number of imide groups is 1. The zero-order valence-corrected chi connectivity index (χ0v) is 19.6. The quantitative estimate of drug-likeness (QED) is 0.389. The molecule has 2 rings (SSSR count). The molecule has 2 aromatic carbocycles. The molecular formula is C25H31N3O7. The lowest BCUT2D eigenvalue weighted by molar-refractivity contribution is -0.142. The fourth-order valence-electron chi connectivity index (χ4n) is 3.14. The molecule has 10 nitrogen and oxygen atoms in total. The highest BCUT2D eigenvalue weighted by Crippen LogP contribution is 2.16. The monoisotopic (exact) mass is 485 g/mol. The summed E-state index contributed by atoms with van der Waals surface area (Å²) in [5.74, 6) is -2.07. The minimum Gasteiger partial charge on any atom is -0.480 e. The van der Waals surface area contributed by atoms with Gasteiger partial charge in [-0.3, -0.25) is 9.59 Å². The largest absolute Gasteiger partial charge is 0.480 e. The van der Waals surface area contributed by atoms with Crippen molar-refractivity contribution < 1.29 is 33.8 Å². The molecule has 0 spiro atoms. The number of carboxylic acids is 1. The first-order valence-corrected chi connectivity index (χ1v) is 11.3. The number of nitrogens with two attached hydrogens (primary N) is 1. The van der Waals surface area contributed by atoms with Gasteiger partial charge in [0, 0.05) is 0 Å². The Morgan fingerprint density at radius 2 is 1.37 bits per heavy atom. The third-order valence-corrected chi connectivity index (χ3v) is 5.08. The highest BCUT2D eigenvalue weighted by atomic mass is 16.6. The van der Waals surface area contributed by atoms with E-state index >= 15 is 0 Å². The van der Waals surface area contributed by atoms with Crippen molar-refractivity contribution in [2.24, 2.45) is 5.73 Å². The van der Waals surface area contributed by atoms with Crippen LogP contribution in [-0.2, 0) is 32.3 Å². The van der Waals surface area contributed by atoms with Crippen LogP contribution in [0.25, 0.3) is 0 Å². The van der Waals surface area contributed by atoms with Crippen LogP contribution in [0.5, 0.6) is 0 Å². The van der Waals surface area contributed by atoms with Gasteiger partial charge < -0.3 is 25.6 Å². The molecule has 0 saturated carbocycles. The molecule has 2 atom stereocenters. The van der Waals surface area contributed by atoms with E-state index in [2.05, 4.69) is 5.32 Å². The van der Waals surface area contributed by atoms with Crippen LogP contribution in [0.15, 0.2) is 60.7 Å². The van der Waals surface area contributed by atoms with Gasteiger partial charge in [-0.2, -0.15) is 4.90 Å². The molecular weight excluding hydrogens is 454 g/mol. The zero-order chi connectivity index (χ0) is 25.6. The van der Waals surface area contributed by atoms with Gasteiger partial charge in [0.1, 0.15) is 25.3 Å². The number of aliphatic carboxylic acids is 1. The van der Waals surface area contributed by atoms with Crippen molar-refractivity contribution >= 4 is 24.1 Å². The van der Waals surface area contributed by atoms with Crippen LogP contribution in [0.3, 0.4) is 0 Å². The fourth-order valence-corrected chi connectivity index (χ4v) is 3.14. The Balaban J connectivity index is 2.26. The Labute approximate surface area is 204 Å². The summed E-state index contributed by atoms with van der Waals surface area (Å²) in [6, 6.07) is 15.1. The number of nitrogens with one attached hydrogen (secondary N) is 1. The van der Waals surface area contributed by atoms with Crippen LogP contribution in [0.1, 0.15) is 37.3 Å². The number of carbonyl (C=O) groups is 4. The van der Waals surface area contributed by atoms with E-state index in [-0.39, 0.29) is 19.6 Å². The predicted octanol–water partition coefficient (Wildman–Crippen LogP) is 3.05. The smallest absolute Gasteiger partial charge is 0.420 e. The average molecular weight is 486 g/mol. The maximum Gasteiger partial charge on any atom is 0.420 e. The van der Waals surface area contributed by atoms with E-state index in [0.717, 1.165) is 0 Å². The molecule has 10 heteroatoms. The van der Waals surface area contributed by atoms with Gasteiger partial charge in [0.15, 0.2) is 0 Å². The van der Waals surface area contributed by atoms with Crippen molar-refractivity contribution in [3.05, 3.63) is 71.8 Å². The summed E-state index contributed by atoms with van der Waals surface area (Å²) in [5.41, 5.74) is 6.92. The second kappa shape index (κ2) is 14.4. The number of amides is 3. The van der Waals surface area contributed by atoms with Crippen LogP contribution in [0.2, 0.25) is 0 Å². The Hall–Kier alpha value is -3.92. The normalized spacial score (nSPS) is 12.2. The molecule has 0 aliphatic carbocycles. The number of hydrogen-bond donors (Lipinski definition) is 3. The first kappa shape index (κ1) is 27.3. The maximum absolute atomic E-state index is 13.0. The van der Waals surface area contributed by atoms with Gasteiger partial charge in [-0.05, 0) is 43.9 Å². The number of nitrogens with zero attached hydrogens (tertiary/aromatic N) is 1. The Kier molecular flexibility index (Phi) is 11.2. The summed E-state index contributed by atoms with van der Waals surface area (Å²) >= 11 is 0. The van der Waals surface area contributed by atoms with Crippen LogP contribution < -0.4 is 11.1 Å². The summed E-state index contributed by atoms with van der Waals surface area (Å²) in [5, 5.41) is 11.5. The van der Waals surface area contributed by atoms with Crippen LogP contribution in [0.4, 0.5) is 9.59 Å². The summed E-state index contributed by atoms with van der Waals surface area (Å²) < 4.78 is 10.6. The standard InChI is InChI=1S/C25H31N3O7/c1-18(23(30)31)27-22(29)21(14-8-9-15-26)28(24(32)34-16-19-10-4-2-5-11-19)25(33)35-17-20-12-6-3-7-13-20/h2-7,10-13,18,21H,8-9,14-17,26H2,1H3,(H,27,29)(H,30,31)/t18-,21-/m1/s1. The van der Waals surface area contributed by atoms with Crippen LogP contribution in [-0.4, -0.2) is 52.7 Å². The number of hydrogen-bond acceptors (Lipinski definition) is 7. The lowest BCUT2D eigenvalue weighted by Crippen LogP contribution is -2.55. The van der Waals surface area contributed by atoms with Crippen molar-refractivity contribution in [1.82, 2.24) is 10.2 Å². The van der Waals surface area contributed by atoms with Gasteiger partial charge in [0.25, 0.3) is 0 Å². The first-order valence-electron chi connectivity index (χ1n) is 11.3. The third-order valence-electron chi connectivity index (χ3n) is 5.08. The van der Waals surface area contributed by atoms with Gasteiger partial charge >= 0.3 is 18.2 Å². The van der Waals surface area contributed by atoms with E-state index in [9.17, 15) is 24.3 Å². The number of rotatable bonds is 12. The minimum atomic E-state index is -1.35. The lowest BCUT2D eigenvalue weighted by atomic mass is 10.1. The molecule has 4 N–H and O–H groups in total. The molecule has 0 bridgehead atoms. The van der Waals surface area contributed by atoms with Crippen molar-refractivity contribution in [3.8, 4) is 0 Å². The average Bonchev–Trinajstić information content (AvgIpc) is 2.86. The second-order valence-corrected chi connectivity index (χ2v) is 7.82. The van der Waals surface area contributed by atoms with E-state index in [1.165, 1.54) is 6.92 Å². The molecule has 0 aliphatic heterocycles. The molecule has 2 aromatic rings. The van der Waals surface area contributed by atoms with Gasteiger partial charge in [0.05, 0.1) is 0 Å². The van der Waals surface area contributed by atoms with E-state index in [0.29, 0.717) is 35.4 Å². The second-order valence-electron chi connectivity index (χ2n) is 7.82. The molecule has 188 valence electrons. The first-order chi connectivity index (χ1) is 16.8. The third kappa shape index (κ3) is 9.09. The Bertz CT molecular complexity index is 914. The molecule has 3 amide bonds. The molecule has 0 unspecified atom stereocenters. The Morgan fingerprint density at radius 1 is 0.886 bits per heavy atom. The highest BCUT2D eigenvalue weighted by molar-refractivity contribution is 5.96. The van der Waals surface area contributed by atoms with Crippen molar-refractivity contribution in [2.75, 3.05) is 6.54 Å². The molecule has 0 aliphatic rings. The topological polar surface area (TPSA) is 148 Å². The van der Waals surface area contributed by atoms with Crippen molar-refractivity contribution in [2.45, 2.75) is 51.5 Å². The van der Waals surface area contributed by atoms with Crippen LogP contribution in [0, 0.1) is 0 Å². The van der Waals surface area contributed by atoms with Crippen LogP contribution >= 0.6 is 0 Å². The van der Waals surface area contributed by atoms with Gasteiger partial charge in [0.2, 0.25) is 5.91 Å². The van der Waals surface area contributed by atoms with E-state index in [4.69, 9.17) is 15.2 Å². The predicted molar refractivity (Wildman–Crippen MR) is 127 cm³/mol. The number of unbranched alkanes of at least 4 members (excludes halogenated alkanes) is 1. The summed E-state index contributed by atoms with van der Waals surface area (Å²) in [4.78, 5) is 50.9. The van der Waals surface area contributed by atoms with Crippen molar-refractivity contribution in [1.29, 1.82) is 0 Å². The summed E-state index contributed by atoms with van der Waals surface area (Å²) in [7, 11) is 0. The number of carbonyl (C=O) groups excluding carboxylic acids is 3. The highest BCUT2D eigenvalue weighted by Gasteiger charge is 2.38. The molecule has 0 radical (unpaired) electrons. The fraction of sp³-hybridized carbons (Fsp3) is 0.360. The Morgan fingerprint density at radius 3 is 1.80 bits per heavy atom. The number of ether oxygens (including phenoxy) is 2. The number of carboxylic acid groups (broad SMARTS) is 1. The minimum absolute atomic E-state index is 0.0518. The summed E-state index contributed by atoms with van der Waals surface area (Å²) in [6.07, 6.45) is -1.17. The van der Waals surface area contributed by atoms with Gasteiger partial charge in [-0.15, -0.1) is 0 Å². The van der Waals surface area contributed by atoms with E-state index < -0.39 is 36.1 Å².